The lowest BCUT2D eigenvalue weighted by molar-refractivity contribution is 0.515. The topological polar surface area (TPSA) is 52.0 Å². The van der Waals surface area contributed by atoms with Crippen molar-refractivity contribution in [3.8, 4) is 17.1 Å². The van der Waals surface area contributed by atoms with Gasteiger partial charge in [0.05, 0.1) is 10.6 Å². The van der Waals surface area contributed by atoms with E-state index in [4.69, 9.17) is 16.6 Å². The quantitative estimate of drug-likeness (QED) is 0.397. The number of halogens is 1. The minimum atomic E-state index is -3.24. The Hall–Kier alpha value is -1.76. The molecule has 1 aromatic heterocycles. The minimum Gasteiger partial charge on any atom is -0.299 e. The maximum atomic E-state index is 11.8. The lowest BCUT2D eigenvalue weighted by Gasteiger charge is -2.23. The standard InChI is InChI=1S/C24H27ClN2O2S2/c1-17(30-21-6-4-3-5-7-21)23-16-27(20-12-14-22(15-13-20)31(2,28)29)24(26-23)18-8-10-19(25)11-9-18/h8-17,21H,3-7H2,1-2H3. The number of sulfone groups is 1. The van der Waals surface area contributed by atoms with E-state index in [1.807, 2.05) is 52.7 Å². The second-order valence-electron chi connectivity index (χ2n) is 8.17. The molecular formula is C24H27ClN2O2S2. The van der Waals surface area contributed by atoms with Crippen LogP contribution in [0.1, 0.15) is 50.0 Å². The van der Waals surface area contributed by atoms with Crippen LogP contribution < -0.4 is 0 Å². The summed E-state index contributed by atoms with van der Waals surface area (Å²) in [6.07, 6.45) is 9.87. The van der Waals surface area contributed by atoms with Crippen LogP contribution in [0.25, 0.3) is 17.1 Å². The number of nitrogens with zero attached hydrogens (tertiary/aromatic N) is 2. The van der Waals surface area contributed by atoms with Crippen molar-refractivity contribution in [2.24, 2.45) is 0 Å². The Balaban J connectivity index is 1.70. The molecule has 3 aromatic rings. The lowest BCUT2D eigenvalue weighted by Crippen LogP contribution is -2.09. The zero-order valence-electron chi connectivity index (χ0n) is 17.8. The molecule has 7 heteroatoms. The van der Waals surface area contributed by atoms with Gasteiger partial charge in [0.2, 0.25) is 0 Å². The summed E-state index contributed by atoms with van der Waals surface area (Å²) in [5.74, 6) is 0.829. The summed E-state index contributed by atoms with van der Waals surface area (Å²) in [6, 6.07) is 14.6. The van der Waals surface area contributed by atoms with E-state index in [0.717, 1.165) is 22.8 Å². The third kappa shape index (κ3) is 5.36. The molecule has 0 saturated heterocycles. The second-order valence-corrected chi connectivity index (χ2v) is 12.3. The van der Waals surface area contributed by atoms with Crippen LogP contribution in [0.3, 0.4) is 0 Å². The van der Waals surface area contributed by atoms with E-state index >= 15 is 0 Å². The summed E-state index contributed by atoms with van der Waals surface area (Å²) in [5, 5.41) is 1.66. The van der Waals surface area contributed by atoms with Gasteiger partial charge in [0, 0.05) is 39.2 Å². The van der Waals surface area contributed by atoms with Gasteiger partial charge in [-0.2, -0.15) is 0 Å². The van der Waals surface area contributed by atoms with Crippen molar-refractivity contribution in [2.75, 3.05) is 6.26 Å². The summed E-state index contributed by atoms with van der Waals surface area (Å²) in [5.41, 5.74) is 2.89. The average Bonchev–Trinajstić information content (AvgIpc) is 3.20. The van der Waals surface area contributed by atoms with E-state index < -0.39 is 9.84 Å². The van der Waals surface area contributed by atoms with Gasteiger partial charge < -0.3 is 0 Å². The molecule has 1 aliphatic carbocycles. The molecule has 1 fully saturated rings. The number of hydrogen-bond acceptors (Lipinski definition) is 4. The summed E-state index contributed by atoms with van der Waals surface area (Å²) < 4.78 is 25.7. The molecule has 31 heavy (non-hydrogen) atoms. The Kier molecular flexibility index (Phi) is 6.80. The number of thioether (sulfide) groups is 1. The maximum absolute atomic E-state index is 11.8. The van der Waals surface area contributed by atoms with Gasteiger partial charge in [-0.1, -0.05) is 30.9 Å². The van der Waals surface area contributed by atoms with Crippen molar-refractivity contribution in [1.29, 1.82) is 0 Å². The van der Waals surface area contributed by atoms with Gasteiger partial charge in [-0.05, 0) is 68.3 Å². The Morgan fingerprint density at radius 1 is 1.03 bits per heavy atom. The first kappa shape index (κ1) is 22.4. The van der Waals surface area contributed by atoms with Gasteiger partial charge in [-0.25, -0.2) is 13.4 Å². The van der Waals surface area contributed by atoms with Crippen molar-refractivity contribution < 1.29 is 8.42 Å². The summed E-state index contributed by atoms with van der Waals surface area (Å²) in [6.45, 7) is 2.23. The Bertz CT molecular complexity index is 1130. The fourth-order valence-corrected chi connectivity index (χ4v) is 6.20. The van der Waals surface area contributed by atoms with Crippen LogP contribution in [0.15, 0.2) is 59.6 Å². The molecule has 1 saturated carbocycles. The number of benzene rings is 2. The van der Waals surface area contributed by atoms with Crippen molar-refractivity contribution in [3.63, 3.8) is 0 Å². The molecule has 0 bridgehead atoms. The first-order chi connectivity index (χ1) is 14.8. The van der Waals surface area contributed by atoms with Gasteiger partial charge in [-0.3, -0.25) is 4.57 Å². The molecule has 0 aliphatic heterocycles. The largest absolute Gasteiger partial charge is 0.299 e. The van der Waals surface area contributed by atoms with Crippen LogP contribution >= 0.6 is 23.4 Å². The fourth-order valence-electron chi connectivity index (χ4n) is 4.01. The van der Waals surface area contributed by atoms with Gasteiger partial charge in [0.15, 0.2) is 9.84 Å². The third-order valence-electron chi connectivity index (χ3n) is 5.74. The SMILES string of the molecule is CC(SC1CCCCC1)c1cn(-c2ccc(S(C)(=O)=O)cc2)c(-c2ccc(Cl)cc2)n1. The molecule has 0 amide bonds. The van der Waals surface area contributed by atoms with Crippen molar-refractivity contribution in [2.45, 2.75) is 54.4 Å². The van der Waals surface area contributed by atoms with Gasteiger partial charge in [0.1, 0.15) is 5.82 Å². The lowest BCUT2D eigenvalue weighted by atomic mass is 10.0. The second kappa shape index (κ2) is 9.39. The molecule has 4 nitrogen and oxygen atoms in total. The first-order valence-electron chi connectivity index (χ1n) is 10.6. The summed E-state index contributed by atoms with van der Waals surface area (Å²) in [4.78, 5) is 5.31. The first-order valence-corrected chi connectivity index (χ1v) is 13.8. The molecule has 4 rings (SSSR count). The van der Waals surface area contributed by atoms with Crippen LogP contribution in [0, 0.1) is 0 Å². The van der Waals surface area contributed by atoms with Gasteiger partial charge >= 0.3 is 0 Å². The molecular weight excluding hydrogens is 448 g/mol. The van der Waals surface area contributed by atoms with E-state index in [0.29, 0.717) is 15.2 Å². The van der Waals surface area contributed by atoms with Crippen molar-refractivity contribution in [1.82, 2.24) is 9.55 Å². The Labute approximate surface area is 194 Å². The highest BCUT2D eigenvalue weighted by Gasteiger charge is 2.22. The van der Waals surface area contributed by atoms with E-state index in [-0.39, 0.29) is 5.25 Å². The van der Waals surface area contributed by atoms with E-state index in [2.05, 4.69) is 13.1 Å². The van der Waals surface area contributed by atoms with E-state index in [1.165, 1.54) is 38.4 Å². The third-order valence-corrected chi connectivity index (χ3v) is 8.62. The number of hydrogen-bond donors (Lipinski definition) is 0. The van der Waals surface area contributed by atoms with Crippen molar-refractivity contribution >= 4 is 33.2 Å². The van der Waals surface area contributed by atoms with Crippen LogP contribution in [0.5, 0.6) is 0 Å². The summed E-state index contributed by atoms with van der Waals surface area (Å²) in [7, 11) is -3.24. The van der Waals surface area contributed by atoms with Crippen LogP contribution in [0.2, 0.25) is 5.02 Å². The maximum Gasteiger partial charge on any atom is 0.175 e. The Morgan fingerprint density at radius 2 is 1.68 bits per heavy atom. The molecule has 164 valence electrons. The molecule has 1 atom stereocenters. The summed E-state index contributed by atoms with van der Waals surface area (Å²) >= 11 is 8.11. The predicted octanol–water partition coefficient (Wildman–Crippen LogP) is 6.72. The predicted molar refractivity (Wildman–Crippen MR) is 130 cm³/mol. The molecule has 2 aromatic carbocycles. The number of rotatable bonds is 6. The van der Waals surface area contributed by atoms with Crippen molar-refractivity contribution in [3.05, 3.63) is 65.4 Å². The molecule has 1 unspecified atom stereocenters. The van der Waals surface area contributed by atoms with E-state index in [9.17, 15) is 8.42 Å². The molecule has 0 radical (unpaired) electrons. The molecule has 1 aliphatic rings. The Morgan fingerprint density at radius 3 is 2.29 bits per heavy atom. The zero-order chi connectivity index (χ0) is 22.0. The fraction of sp³-hybridized carbons (Fsp3) is 0.375. The highest BCUT2D eigenvalue weighted by atomic mass is 35.5. The molecule has 0 spiro atoms. The van der Waals surface area contributed by atoms with Crippen LogP contribution in [-0.4, -0.2) is 29.5 Å². The smallest absolute Gasteiger partial charge is 0.175 e. The van der Waals surface area contributed by atoms with Crippen LogP contribution in [0.4, 0.5) is 0 Å². The minimum absolute atomic E-state index is 0.283. The number of imidazole rings is 1. The molecule has 1 heterocycles. The monoisotopic (exact) mass is 474 g/mol. The zero-order valence-corrected chi connectivity index (χ0v) is 20.2. The van der Waals surface area contributed by atoms with Gasteiger partial charge in [0.25, 0.3) is 0 Å². The average molecular weight is 475 g/mol. The van der Waals surface area contributed by atoms with E-state index in [1.54, 1.807) is 12.1 Å². The van der Waals surface area contributed by atoms with Gasteiger partial charge in [-0.15, -0.1) is 11.8 Å². The highest BCUT2D eigenvalue weighted by Crippen LogP contribution is 2.39. The molecule has 0 N–H and O–H groups in total. The highest BCUT2D eigenvalue weighted by molar-refractivity contribution is 8.00. The van der Waals surface area contributed by atoms with Crippen LogP contribution in [-0.2, 0) is 9.84 Å². The number of aromatic nitrogens is 2. The normalized spacial score (nSPS) is 16.4.